The van der Waals surface area contributed by atoms with E-state index < -0.39 is 4.92 Å². The highest BCUT2D eigenvalue weighted by Gasteiger charge is 2.19. The Morgan fingerprint density at radius 2 is 2.14 bits per heavy atom. The fraction of sp³-hybridized carbons (Fsp3) is 0.500. The molecular formula is C14H18N2O5. The number of benzene rings is 1. The van der Waals surface area contributed by atoms with E-state index in [1.54, 1.807) is 6.07 Å². The quantitative estimate of drug-likeness (QED) is 0.449. The second-order valence-electron chi connectivity index (χ2n) is 4.77. The van der Waals surface area contributed by atoms with E-state index in [4.69, 9.17) is 9.47 Å². The zero-order chi connectivity index (χ0) is 15.2. The van der Waals surface area contributed by atoms with Crippen molar-refractivity contribution in [3.8, 4) is 5.75 Å². The zero-order valence-corrected chi connectivity index (χ0v) is 11.9. The second kappa shape index (κ2) is 7.14. The fourth-order valence-corrected chi connectivity index (χ4v) is 2.23. The van der Waals surface area contributed by atoms with Gasteiger partial charge in [0, 0.05) is 37.7 Å². The number of rotatable bonds is 6. The largest absolute Gasteiger partial charge is 0.490 e. The molecule has 1 fully saturated rings. The highest BCUT2D eigenvalue weighted by Crippen LogP contribution is 2.27. The molecule has 1 saturated heterocycles. The molecular weight excluding hydrogens is 276 g/mol. The molecule has 2 rings (SSSR count). The number of nitro groups is 1. The molecule has 0 aliphatic carbocycles. The summed E-state index contributed by atoms with van der Waals surface area (Å²) in [5.74, 6) is 0.0528. The molecule has 1 aliphatic rings. The van der Waals surface area contributed by atoms with Crippen molar-refractivity contribution < 1.29 is 19.2 Å². The van der Waals surface area contributed by atoms with E-state index in [0.717, 1.165) is 13.1 Å². The third kappa shape index (κ3) is 3.99. The van der Waals surface area contributed by atoms with E-state index in [-0.39, 0.29) is 17.2 Å². The van der Waals surface area contributed by atoms with Gasteiger partial charge in [-0.1, -0.05) is 0 Å². The number of morpholine rings is 1. The number of ketones is 1. The number of nitro benzene ring substituents is 1. The minimum atomic E-state index is -0.544. The molecule has 114 valence electrons. The fourth-order valence-electron chi connectivity index (χ4n) is 2.23. The molecule has 7 heteroatoms. The van der Waals surface area contributed by atoms with Crippen LogP contribution in [0.25, 0.3) is 0 Å². The smallest absolute Gasteiger partial charge is 0.311 e. The van der Waals surface area contributed by atoms with Crippen LogP contribution in [0.2, 0.25) is 0 Å². The molecule has 0 spiro atoms. The molecule has 7 nitrogen and oxygen atoms in total. The normalized spacial score (nSPS) is 15.7. The molecule has 0 saturated carbocycles. The zero-order valence-electron chi connectivity index (χ0n) is 11.9. The molecule has 1 aromatic carbocycles. The molecule has 1 aromatic rings. The molecule has 0 unspecified atom stereocenters. The third-order valence-corrected chi connectivity index (χ3v) is 3.46. The number of carbonyl (C=O) groups excluding carboxylic acids is 1. The lowest BCUT2D eigenvalue weighted by atomic mass is 10.1. The van der Waals surface area contributed by atoms with Gasteiger partial charge in [0.2, 0.25) is 0 Å². The Labute approximate surface area is 122 Å². The number of methoxy groups -OCH3 is 1. The van der Waals surface area contributed by atoms with Crippen molar-refractivity contribution >= 4 is 11.5 Å². The first kappa shape index (κ1) is 15.4. The molecule has 0 aromatic heterocycles. The Balaban J connectivity index is 2.01. The second-order valence-corrected chi connectivity index (χ2v) is 4.77. The Kier molecular flexibility index (Phi) is 5.24. The Morgan fingerprint density at radius 3 is 2.76 bits per heavy atom. The maximum absolute atomic E-state index is 12.1. The maximum Gasteiger partial charge on any atom is 0.311 e. The standard InChI is InChI=1S/C14H18N2O5/c1-20-14-3-2-11(10-12(14)16(18)19)13(17)4-5-15-6-8-21-9-7-15/h2-3,10H,4-9H2,1H3. The summed E-state index contributed by atoms with van der Waals surface area (Å²) in [6.07, 6.45) is 0.337. The number of Topliss-reactive ketones (excluding diaryl/α,β-unsaturated/α-hetero) is 1. The summed E-state index contributed by atoms with van der Waals surface area (Å²) in [5, 5.41) is 11.0. The van der Waals surface area contributed by atoms with E-state index in [9.17, 15) is 14.9 Å². The van der Waals surface area contributed by atoms with Gasteiger partial charge in [-0.3, -0.25) is 19.8 Å². The van der Waals surface area contributed by atoms with E-state index in [0.29, 0.717) is 31.7 Å². The van der Waals surface area contributed by atoms with Crippen molar-refractivity contribution in [2.75, 3.05) is 40.0 Å². The molecule has 0 atom stereocenters. The molecule has 1 heterocycles. The molecule has 0 radical (unpaired) electrons. The summed E-state index contributed by atoms with van der Waals surface area (Å²) in [6.45, 7) is 3.64. The highest BCUT2D eigenvalue weighted by atomic mass is 16.6. The lowest BCUT2D eigenvalue weighted by molar-refractivity contribution is -0.385. The molecule has 1 aliphatic heterocycles. The van der Waals surface area contributed by atoms with Crippen molar-refractivity contribution in [3.63, 3.8) is 0 Å². The number of carbonyl (C=O) groups is 1. The summed E-state index contributed by atoms with van der Waals surface area (Å²) in [5.41, 5.74) is 0.158. The number of ether oxygens (including phenoxy) is 2. The monoisotopic (exact) mass is 294 g/mol. The van der Waals surface area contributed by atoms with Crippen LogP contribution in [0, 0.1) is 10.1 Å². The van der Waals surface area contributed by atoms with Crippen LogP contribution in [0.5, 0.6) is 5.75 Å². The SMILES string of the molecule is COc1ccc(C(=O)CCN2CCOCC2)cc1[N+](=O)[O-]. The van der Waals surface area contributed by atoms with Crippen LogP contribution in [0.4, 0.5) is 5.69 Å². The summed E-state index contributed by atoms with van der Waals surface area (Å²) in [7, 11) is 1.36. The first-order chi connectivity index (χ1) is 10.1. The van der Waals surface area contributed by atoms with Crippen molar-refractivity contribution in [1.29, 1.82) is 0 Å². The summed E-state index contributed by atoms with van der Waals surface area (Å²) < 4.78 is 10.2. The van der Waals surface area contributed by atoms with Gasteiger partial charge in [-0.2, -0.15) is 0 Å². The third-order valence-electron chi connectivity index (χ3n) is 3.46. The van der Waals surface area contributed by atoms with Gasteiger partial charge in [0.15, 0.2) is 11.5 Å². The Morgan fingerprint density at radius 1 is 1.43 bits per heavy atom. The highest BCUT2D eigenvalue weighted by molar-refractivity contribution is 5.97. The van der Waals surface area contributed by atoms with E-state index in [1.807, 2.05) is 0 Å². The average molecular weight is 294 g/mol. The van der Waals surface area contributed by atoms with E-state index in [2.05, 4.69) is 4.90 Å². The Bertz CT molecular complexity index is 526. The van der Waals surface area contributed by atoms with E-state index >= 15 is 0 Å². The topological polar surface area (TPSA) is 81.9 Å². The van der Waals surface area contributed by atoms with Gasteiger partial charge in [0.05, 0.1) is 25.2 Å². The number of hydrogen-bond acceptors (Lipinski definition) is 6. The van der Waals surface area contributed by atoms with Crippen molar-refractivity contribution in [2.45, 2.75) is 6.42 Å². The molecule has 0 bridgehead atoms. The van der Waals surface area contributed by atoms with Crippen molar-refractivity contribution in [3.05, 3.63) is 33.9 Å². The lowest BCUT2D eigenvalue weighted by Gasteiger charge is -2.26. The van der Waals surface area contributed by atoms with Crippen LogP contribution in [-0.4, -0.2) is 55.6 Å². The van der Waals surface area contributed by atoms with Gasteiger partial charge in [-0.05, 0) is 12.1 Å². The minimum Gasteiger partial charge on any atom is -0.490 e. The van der Waals surface area contributed by atoms with Crippen molar-refractivity contribution in [2.24, 2.45) is 0 Å². The van der Waals surface area contributed by atoms with Gasteiger partial charge in [-0.15, -0.1) is 0 Å². The van der Waals surface area contributed by atoms with E-state index in [1.165, 1.54) is 19.2 Å². The summed E-state index contributed by atoms with van der Waals surface area (Å²) in [4.78, 5) is 24.7. The van der Waals surface area contributed by atoms with Crippen LogP contribution < -0.4 is 4.74 Å². The van der Waals surface area contributed by atoms with Gasteiger partial charge >= 0.3 is 5.69 Å². The molecule has 21 heavy (non-hydrogen) atoms. The van der Waals surface area contributed by atoms with Crippen LogP contribution in [0.15, 0.2) is 18.2 Å². The molecule has 0 N–H and O–H groups in total. The van der Waals surface area contributed by atoms with Gasteiger partial charge < -0.3 is 9.47 Å². The van der Waals surface area contributed by atoms with Crippen LogP contribution in [-0.2, 0) is 4.74 Å². The first-order valence-corrected chi connectivity index (χ1v) is 6.77. The minimum absolute atomic E-state index is 0.104. The van der Waals surface area contributed by atoms with Crippen LogP contribution in [0.3, 0.4) is 0 Å². The summed E-state index contributed by atoms with van der Waals surface area (Å²) in [6, 6.07) is 4.30. The van der Waals surface area contributed by atoms with Crippen molar-refractivity contribution in [1.82, 2.24) is 4.90 Å². The van der Waals surface area contributed by atoms with Crippen LogP contribution in [0.1, 0.15) is 16.8 Å². The van der Waals surface area contributed by atoms with Crippen LogP contribution >= 0.6 is 0 Å². The van der Waals surface area contributed by atoms with Gasteiger partial charge in [-0.25, -0.2) is 0 Å². The summed E-state index contributed by atoms with van der Waals surface area (Å²) >= 11 is 0. The van der Waals surface area contributed by atoms with Gasteiger partial charge in [0.25, 0.3) is 0 Å². The molecule has 0 amide bonds. The number of hydrogen-bond donors (Lipinski definition) is 0. The number of nitrogens with zero attached hydrogens (tertiary/aromatic N) is 2. The first-order valence-electron chi connectivity index (χ1n) is 6.77. The Hall–Kier alpha value is -1.99. The predicted octanol–water partition coefficient (Wildman–Crippen LogP) is 1.51. The predicted molar refractivity (Wildman–Crippen MR) is 75.9 cm³/mol. The van der Waals surface area contributed by atoms with Gasteiger partial charge in [0.1, 0.15) is 0 Å². The maximum atomic E-state index is 12.1. The average Bonchev–Trinajstić information content (AvgIpc) is 2.52. The lowest BCUT2D eigenvalue weighted by Crippen LogP contribution is -2.37.